The van der Waals surface area contributed by atoms with Crippen LogP contribution in [-0.4, -0.2) is 48.2 Å². The number of carbonyl (C=O) groups is 1. The fraction of sp³-hybridized carbons (Fsp3) is 0.375. The molecular formula is C24H25F5N4O2. The van der Waals surface area contributed by atoms with Gasteiger partial charge < -0.3 is 9.64 Å². The summed E-state index contributed by atoms with van der Waals surface area (Å²) in [7, 11) is 1.58. The van der Waals surface area contributed by atoms with Gasteiger partial charge in [-0.1, -0.05) is 18.8 Å². The van der Waals surface area contributed by atoms with Gasteiger partial charge in [-0.2, -0.15) is 18.3 Å². The highest BCUT2D eigenvalue weighted by molar-refractivity contribution is 6.00. The van der Waals surface area contributed by atoms with E-state index in [2.05, 4.69) is 21.9 Å². The molecule has 0 fully saturated rings. The number of rotatable bonds is 8. The minimum Gasteiger partial charge on any atom is -0.473 e. The third-order valence-electron chi connectivity index (χ3n) is 4.84. The molecule has 0 spiro atoms. The number of amides is 1. The van der Waals surface area contributed by atoms with Crippen molar-refractivity contribution in [2.75, 3.05) is 25.2 Å². The Hall–Kier alpha value is -3.68. The van der Waals surface area contributed by atoms with Gasteiger partial charge in [0.1, 0.15) is 12.4 Å². The normalized spacial score (nSPS) is 12.1. The van der Waals surface area contributed by atoms with Gasteiger partial charge in [-0.15, -0.1) is 0 Å². The smallest absolute Gasteiger partial charge is 0.417 e. The van der Waals surface area contributed by atoms with Crippen LogP contribution in [0, 0.1) is 23.5 Å². The molecule has 188 valence electrons. The van der Waals surface area contributed by atoms with E-state index in [9.17, 15) is 26.7 Å². The van der Waals surface area contributed by atoms with E-state index in [1.54, 1.807) is 20.9 Å². The van der Waals surface area contributed by atoms with E-state index in [0.717, 1.165) is 6.07 Å². The van der Waals surface area contributed by atoms with Crippen molar-refractivity contribution in [3.05, 3.63) is 53.2 Å². The van der Waals surface area contributed by atoms with Crippen LogP contribution in [0.5, 0.6) is 5.88 Å². The summed E-state index contributed by atoms with van der Waals surface area (Å²) in [5.74, 6) is 2.48. The Morgan fingerprint density at radius 1 is 1.26 bits per heavy atom. The number of nitrogens with zero attached hydrogens (tertiary/aromatic N) is 4. The summed E-state index contributed by atoms with van der Waals surface area (Å²) in [4.78, 5) is 18.0. The molecule has 0 radical (unpaired) electrons. The highest BCUT2D eigenvalue weighted by Crippen LogP contribution is 2.30. The summed E-state index contributed by atoms with van der Waals surface area (Å²) in [5.41, 5.74) is -0.888. The van der Waals surface area contributed by atoms with E-state index in [1.165, 1.54) is 28.3 Å². The third-order valence-corrected chi connectivity index (χ3v) is 4.84. The average Bonchev–Trinajstić information content (AvgIpc) is 2.80. The van der Waals surface area contributed by atoms with Crippen molar-refractivity contribution >= 4 is 17.8 Å². The second-order valence-corrected chi connectivity index (χ2v) is 7.36. The van der Waals surface area contributed by atoms with E-state index >= 15 is 0 Å². The van der Waals surface area contributed by atoms with Crippen LogP contribution in [0.1, 0.15) is 43.1 Å². The van der Waals surface area contributed by atoms with Crippen molar-refractivity contribution < 1.29 is 31.5 Å². The van der Waals surface area contributed by atoms with Crippen LogP contribution in [0.25, 0.3) is 0 Å². The lowest BCUT2D eigenvalue weighted by Gasteiger charge is -2.29. The molecule has 2 aromatic rings. The molecule has 1 aromatic carbocycles. The Bertz CT molecular complexity index is 1130. The summed E-state index contributed by atoms with van der Waals surface area (Å²) in [6, 6.07) is 3.31. The first-order valence-electron chi connectivity index (χ1n) is 10.7. The van der Waals surface area contributed by atoms with Gasteiger partial charge in [-0.05, 0) is 38.1 Å². The Balaban J connectivity index is 2.22. The molecule has 1 atom stereocenters. The summed E-state index contributed by atoms with van der Waals surface area (Å²) in [5, 5.41) is 5.51. The number of ether oxygens (including phenoxy) is 1. The van der Waals surface area contributed by atoms with Crippen molar-refractivity contribution in [3.8, 4) is 17.7 Å². The molecule has 0 N–H and O–H groups in total. The average molecular weight is 496 g/mol. The maximum Gasteiger partial charge on any atom is 0.417 e. The molecule has 1 aromatic heterocycles. The quantitative estimate of drug-likeness (QED) is 0.220. The monoisotopic (exact) mass is 496 g/mol. The lowest BCUT2D eigenvalue weighted by atomic mass is 10.1. The van der Waals surface area contributed by atoms with Gasteiger partial charge in [0.25, 0.3) is 5.91 Å². The summed E-state index contributed by atoms with van der Waals surface area (Å²) in [6.45, 7) is 5.10. The molecule has 1 unspecified atom stereocenters. The standard InChI is InChI=1S/C24H25F5N4O2/c1-5-7-8-11-31-32(4)21-10-9-18(25)13-19(21)23(34)33(6-2)16(3)15-35-22-20(26)12-17(14-30-22)24(27,28)29/h9-14,16H,5-6,15H2,1-4H3/b31-11-. The van der Waals surface area contributed by atoms with Gasteiger partial charge in [0.05, 0.1) is 29.1 Å². The van der Waals surface area contributed by atoms with Crippen LogP contribution < -0.4 is 9.75 Å². The number of likely N-dealkylation sites (N-methyl/N-ethyl adjacent to an activating group) is 1. The topological polar surface area (TPSA) is 58.0 Å². The summed E-state index contributed by atoms with van der Waals surface area (Å²) < 4.78 is 71.4. The Morgan fingerprint density at radius 3 is 2.57 bits per heavy atom. The molecule has 0 saturated carbocycles. The highest BCUT2D eigenvalue weighted by atomic mass is 19.4. The van der Waals surface area contributed by atoms with E-state index in [-0.39, 0.29) is 24.8 Å². The Morgan fingerprint density at radius 2 is 1.97 bits per heavy atom. The number of halogens is 5. The fourth-order valence-electron chi connectivity index (χ4n) is 3.07. The van der Waals surface area contributed by atoms with Crippen LogP contribution in [0.2, 0.25) is 0 Å². The lowest BCUT2D eigenvalue weighted by Crippen LogP contribution is -2.42. The molecule has 0 saturated heterocycles. The minimum absolute atomic E-state index is 0.0284. The number of pyridine rings is 1. The van der Waals surface area contributed by atoms with Crippen LogP contribution in [-0.2, 0) is 6.18 Å². The molecule has 0 aliphatic heterocycles. The molecule has 6 nitrogen and oxygen atoms in total. The molecule has 1 heterocycles. The van der Waals surface area contributed by atoms with Gasteiger partial charge in [0.2, 0.25) is 5.88 Å². The number of anilines is 1. The number of carbonyl (C=O) groups excluding carboxylic acids is 1. The van der Waals surface area contributed by atoms with Gasteiger partial charge >= 0.3 is 6.18 Å². The Labute approximate surface area is 200 Å². The molecule has 2 rings (SSSR count). The highest BCUT2D eigenvalue weighted by Gasteiger charge is 2.32. The van der Waals surface area contributed by atoms with E-state index < -0.39 is 41.2 Å². The molecule has 11 heteroatoms. The minimum atomic E-state index is -4.74. The van der Waals surface area contributed by atoms with E-state index in [1.807, 2.05) is 6.92 Å². The van der Waals surface area contributed by atoms with Gasteiger partial charge in [0, 0.05) is 26.2 Å². The first-order chi connectivity index (χ1) is 16.5. The number of aromatic nitrogens is 1. The predicted octanol–water partition coefficient (Wildman–Crippen LogP) is 5.14. The predicted molar refractivity (Wildman–Crippen MR) is 122 cm³/mol. The fourth-order valence-corrected chi connectivity index (χ4v) is 3.07. The zero-order valence-corrected chi connectivity index (χ0v) is 19.7. The third kappa shape index (κ3) is 7.40. The summed E-state index contributed by atoms with van der Waals surface area (Å²) >= 11 is 0. The molecule has 0 aliphatic rings. The summed E-state index contributed by atoms with van der Waals surface area (Å²) in [6.07, 6.45) is -2.27. The first-order valence-corrected chi connectivity index (χ1v) is 10.7. The maximum atomic E-state index is 14.0. The molecule has 35 heavy (non-hydrogen) atoms. The SMILES string of the molecule is CCC#C/C=N\N(C)c1ccc(F)cc1C(=O)N(CC)C(C)COc1ncc(C(F)(F)F)cc1F. The number of hydrogen-bond acceptors (Lipinski definition) is 5. The lowest BCUT2D eigenvalue weighted by molar-refractivity contribution is -0.138. The van der Waals surface area contributed by atoms with Crippen LogP contribution in [0.3, 0.4) is 0 Å². The van der Waals surface area contributed by atoms with Crippen molar-refractivity contribution in [2.24, 2.45) is 5.10 Å². The second-order valence-electron chi connectivity index (χ2n) is 7.36. The second kappa shape index (κ2) is 12.1. The van der Waals surface area contributed by atoms with Crippen LogP contribution in [0.4, 0.5) is 27.6 Å². The largest absolute Gasteiger partial charge is 0.473 e. The maximum absolute atomic E-state index is 14.0. The zero-order chi connectivity index (χ0) is 26.2. The van der Waals surface area contributed by atoms with Crippen LogP contribution >= 0.6 is 0 Å². The molecule has 0 aliphatic carbocycles. The number of hydrazone groups is 1. The zero-order valence-electron chi connectivity index (χ0n) is 19.7. The van der Waals surface area contributed by atoms with Crippen molar-refractivity contribution in [3.63, 3.8) is 0 Å². The molecule has 0 bridgehead atoms. The first kappa shape index (κ1) is 27.6. The van der Waals surface area contributed by atoms with Crippen molar-refractivity contribution in [1.29, 1.82) is 0 Å². The van der Waals surface area contributed by atoms with Gasteiger partial charge in [-0.25, -0.2) is 13.8 Å². The number of hydrogen-bond donors (Lipinski definition) is 0. The van der Waals surface area contributed by atoms with Crippen LogP contribution in [0.15, 0.2) is 35.6 Å². The van der Waals surface area contributed by atoms with Gasteiger partial charge in [0.15, 0.2) is 5.82 Å². The molecular weight excluding hydrogens is 471 g/mol. The van der Waals surface area contributed by atoms with Gasteiger partial charge in [-0.3, -0.25) is 9.80 Å². The van der Waals surface area contributed by atoms with Crippen molar-refractivity contribution in [1.82, 2.24) is 9.88 Å². The van der Waals surface area contributed by atoms with Crippen molar-refractivity contribution in [2.45, 2.75) is 39.4 Å². The number of alkyl halides is 3. The molecule has 1 amide bonds. The van der Waals surface area contributed by atoms with E-state index in [0.29, 0.717) is 18.3 Å². The Kier molecular flexibility index (Phi) is 9.57. The number of benzene rings is 1. The van der Waals surface area contributed by atoms with E-state index in [4.69, 9.17) is 4.74 Å².